The summed E-state index contributed by atoms with van der Waals surface area (Å²) < 4.78 is 46.0. The Morgan fingerprint density at radius 3 is 0.891 bits per heavy atom. The van der Waals surface area contributed by atoms with Gasteiger partial charge in [0.05, 0.1) is 25.0 Å². The number of phenols is 4. The van der Waals surface area contributed by atoms with Crippen molar-refractivity contribution in [2.75, 3.05) is 0 Å². The molecule has 0 spiro atoms. The van der Waals surface area contributed by atoms with E-state index in [1.807, 2.05) is 177 Å². The van der Waals surface area contributed by atoms with Crippen LogP contribution >= 0.6 is 45.3 Å². The maximum atomic E-state index is 13.5. The first kappa shape index (κ1) is 90.1. The van der Waals surface area contributed by atoms with Gasteiger partial charge in [0.2, 0.25) is 23.1 Å². The smallest absolute Gasteiger partial charge is 0.297 e. The maximum Gasteiger partial charge on any atom is 0.297 e. The third-order valence-electron chi connectivity index (χ3n) is 19.8. The lowest BCUT2D eigenvalue weighted by Crippen LogP contribution is -2.03. The van der Waals surface area contributed by atoms with Crippen LogP contribution in [-0.2, 0) is 38.1 Å². The Morgan fingerprint density at radius 2 is 0.562 bits per heavy atom. The molecule has 4 heterocycles. The van der Waals surface area contributed by atoms with Gasteiger partial charge in [-0.1, -0.05) is 119 Å². The zero-order chi connectivity index (χ0) is 90.7. The SMILES string of the molecule is Cc1cc(C)cc(C(=O)c2sc3cc(O)ccc3c2Oc2ccc(/C=C/OC=O)cc2)c1.Cc1ccc(C(=O)c2sc3cc(O)ccc3c2Oc2ccc(/C=C/OC=O)cc2)c(C)c1.Cc1ccc(C(=O)c2sc3cc(O)ccc3c2Oc2ccc(/C=C/OC=O)cc2)cc1C.Cc1ccc(C)c(C(=O)c2sc3cc(O)ccc3c2Oc2ccc(/C=C/OC=O)cc2)c1. The number of phenolic OH excluding ortho intramolecular Hbond substituents is 4. The normalized spacial score (nSPS) is 11.1. The summed E-state index contributed by atoms with van der Waals surface area (Å²) in [6, 6.07) is 71.4. The molecule has 4 aromatic heterocycles. The van der Waals surface area contributed by atoms with Crippen molar-refractivity contribution in [2.45, 2.75) is 55.4 Å². The summed E-state index contributed by atoms with van der Waals surface area (Å²) in [6.45, 7) is 17.1. The first-order valence-corrected chi connectivity index (χ1v) is 42.7. The molecule has 0 aliphatic heterocycles. The van der Waals surface area contributed by atoms with Crippen LogP contribution in [0.5, 0.6) is 69.0 Å². The molecule has 0 radical (unpaired) electrons. The molecule has 0 amide bonds. The minimum atomic E-state index is -0.130. The molecule has 0 saturated carbocycles. The molecule has 4 N–H and O–H groups in total. The molecule has 128 heavy (non-hydrogen) atoms. The van der Waals surface area contributed by atoms with Crippen LogP contribution in [0.3, 0.4) is 0 Å². The minimum Gasteiger partial charge on any atom is -0.508 e. The molecule has 16 aromatic rings. The Balaban J connectivity index is 0.000000146. The number of rotatable bonds is 28. The monoisotopic (exact) mass is 1780 g/mol. The quantitative estimate of drug-likeness (QED) is 0.0153. The summed E-state index contributed by atoms with van der Waals surface area (Å²) in [6.07, 6.45) is 11.8. The Labute approximate surface area is 751 Å². The second-order valence-electron chi connectivity index (χ2n) is 29.2. The second-order valence-corrected chi connectivity index (χ2v) is 33.4. The van der Waals surface area contributed by atoms with E-state index in [2.05, 4.69) is 18.9 Å². The van der Waals surface area contributed by atoms with Crippen LogP contribution in [0.1, 0.15) is 128 Å². The average Bonchev–Trinajstić information content (AvgIpc) is 1.64. The number of ketones is 4. The van der Waals surface area contributed by atoms with Crippen molar-refractivity contribution in [3.05, 3.63) is 376 Å². The van der Waals surface area contributed by atoms with Crippen molar-refractivity contribution in [1.82, 2.24) is 0 Å². The van der Waals surface area contributed by atoms with Crippen LogP contribution in [-0.4, -0.2) is 69.4 Å². The minimum absolute atomic E-state index is 0.118. The highest BCUT2D eigenvalue weighted by molar-refractivity contribution is 7.22. The average molecular weight is 1780 g/mol. The zero-order valence-corrected chi connectivity index (χ0v) is 73.2. The van der Waals surface area contributed by atoms with Gasteiger partial charge in [-0.05, 0) is 270 Å². The maximum absolute atomic E-state index is 13.5. The van der Waals surface area contributed by atoms with Gasteiger partial charge in [0.25, 0.3) is 25.9 Å². The molecule has 0 atom stereocenters. The van der Waals surface area contributed by atoms with E-state index in [-0.39, 0.29) is 46.1 Å². The Kier molecular flexibility index (Phi) is 29.4. The van der Waals surface area contributed by atoms with Gasteiger partial charge in [-0.3, -0.25) is 38.4 Å². The molecule has 20 nitrogen and oxygen atoms in total. The Morgan fingerprint density at radius 1 is 0.258 bits per heavy atom. The summed E-state index contributed by atoms with van der Waals surface area (Å²) >= 11 is 5.18. The van der Waals surface area contributed by atoms with Gasteiger partial charge < -0.3 is 58.3 Å². The molecular weight excluding hydrogens is 1700 g/mol. The van der Waals surface area contributed by atoms with Crippen LogP contribution in [0.2, 0.25) is 0 Å². The molecule has 640 valence electrons. The summed E-state index contributed by atoms with van der Waals surface area (Å²) in [5.41, 5.74) is 13.8. The number of aryl methyl sites for hydroxylation is 8. The van der Waals surface area contributed by atoms with Crippen molar-refractivity contribution >= 4 is 159 Å². The molecule has 24 heteroatoms. The van der Waals surface area contributed by atoms with Crippen LogP contribution in [0.25, 0.3) is 64.6 Å². The van der Waals surface area contributed by atoms with Crippen LogP contribution in [0.4, 0.5) is 0 Å². The predicted molar refractivity (Wildman–Crippen MR) is 502 cm³/mol. The topological polar surface area (TPSA) is 291 Å². The zero-order valence-electron chi connectivity index (χ0n) is 70.0. The Hall–Kier alpha value is -15.6. The number of carbonyl (C=O) groups is 8. The van der Waals surface area contributed by atoms with Gasteiger partial charge >= 0.3 is 0 Å². The van der Waals surface area contributed by atoms with Gasteiger partial charge in [0.1, 0.15) is 65.5 Å². The molecule has 0 aliphatic rings. The number of hydrogen-bond donors (Lipinski definition) is 4. The van der Waals surface area contributed by atoms with E-state index in [9.17, 15) is 58.8 Å². The highest BCUT2D eigenvalue weighted by Gasteiger charge is 2.29. The standard InChI is InChI=1S/4C26H20O5S/c1-16-3-9-21(17(2)13-16)24(29)26-25(22-10-6-19(28)14-23(22)32-26)31-20-7-4-18(5-8-20)11-12-30-15-27;1-16-3-6-19(13-17(16)2)24(29)26-25(22-10-7-20(28)14-23(22)32-26)31-21-8-4-18(5-9-21)11-12-30-15-27;1-16-11-17(2)13-19(12-16)24(29)26-25(22-8-5-20(28)14-23(22)32-26)31-21-6-3-18(4-7-21)9-10-30-15-27;1-16-3-4-17(2)22(13-16)24(29)26-25(21-10-7-19(28)14-23(21)32-26)31-20-8-5-18(6-9-20)11-12-30-15-27/h4*3-15,28H,1-2H3/b2*12-11+;10-9+;12-11+. The van der Waals surface area contributed by atoms with Gasteiger partial charge in [0, 0.05) is 62.6 Å². The lowest BCUT2D eigenvalue weighted by Gasteiger charge is -2.10. The number of benzene rings is 12. The number of carbonyl (C=O) groups excluding carboxylic acids is 8. The lowest BCUT2D eigenvalue weighted by atomic mass is 10.0. The first-order valence-electron chi connectivity index (χ1n) is 39.5. The van der Waals surface area contributed by atoms with Crippen molar-refractivity contribution in [3.8, 4) is 69.0 Å². The van der Waals surface area contributed by atoms with E-state index in [0.717, 1.165) is 107 Å². The van der Waals surface area contributed by atoms with Crippen LogP contribution in [0.15, 0.2) is 268 Å². The fraction of sp³-hybridized carbons (Fsp3) is 0.0769. The van der Waals surface area contributed by atoms with E-state index >= 15 is 0 Å². The first-order chi connectivity index (χ1) is 61.8. The van der Waals surface area contributed by atoms with Gasteiger partial charge in [0.15, 0.2) is 23.0 Å². The number of ether oxygens (including phenoxy) is 8. The molecule has 16 rings (SSSR count). The molecule has 0 saturated heterocycles. The third kappa shape index (κ3) is 22.3. The highest BCUT2D eigenvalue weighted by atomic mass is 32.1. The summed E-state index contributed by atoms with van der Waals surface area (Å²) in [5, 5.41) is 42.7. The fourth-order valence-corrected chi connectivity index (χ4v) is 17.9. The van der Waals surface area contributed by atoms with Crippen molar-refractivity contribution in [3.63, 3.8) is 0 Å². The van der Waals surface area contributed by atoms with Crippen molar-refractivity contribution in [2.24, 2.45) is 0 Å². The number of hydrogen-bond acceptors (Lipinski definition) is 24. The molecule has 12 aromatic carbocycles. The molecule has 0 aliphatic carbocycles. The number of thiophene rings is 4. The fourth-order valence-electron chi connectivity index (χ4n) is 13.5. The summed E-state index contributed by atoms with van der Waals surface area (Å²) in [7, 11) is 0. The Bertz CT molecular complexity index is 6980. The van der Waals surface area contributed by atoms with Gasteiger partial charge in [-0.15, -0.1) is 45.3 Å². The molecule has 0 bridgehead atoms. The lowest BCUT2D eigenvalue weighted by molar-refractivity contribution is -0.124. The van der Waals surface area contributed by atoms with Crippen LogP contribution < -0.4 is 18.9 Å². The van der Waals surface area contributed by atoms with E-state index in [4.69, 9.17) is 18.9 Å². The van der Waals surface area contributed by atoms with Gasteiger partial charge in [-0.25, -0.2) is 0 Å². The van der Waals surface area contributed by atoms with E-state index < -0.39 is 0 Å². The van der Waals surface area contributed by atoms with Crippen molar-refractivity contribution < 1.29 is 96.7 Å². The summed E-state index contributed by atoms with van der Waals surface area (Å²) in [4.78, 5) is 96.7. The molecule has 0 unspecified atom stereocenters. The summed E-state index contributed by atoms with van der Waals surface area (Å²) in [5.74, 6) is 4.09. The largest absolute Gasteiger partial charge is 0.508 e. The number of fused-ring (bicyclic) bond motifs is 4. The van der Waals surface area contributed by atoms with E-state index in [1.165, 1.54) is 70.4 Å². The predicted octanol–water partition coefficient (Wildman–Crippen LogP) is 25.6. The number of aromatic hydroxyl groups is 4. The van der Waals surface area contributed by atoms with Crippen LogP contribution in [0, 0.1) is 55.4 Å². The third-order valence-corrected chi connectivity index (χ3v) is 24.4. The van der Waals surface area contributed by atoms with E-state index in [1.54, 1.807) is 146 Å². The van der Waals surface area contributed by atoms with Crippen molar-refractivity contribution in [1.29, 1.82) is 0 Å². The van der Waals surface area contributed by atoms with E-state index in [0.29, 0.717) is 114 Å². The molecular formula is C104H80O20S4. The second kappa shape index (κ2) is 41.7. The highest BCUT2D eigenvalue weighted by Crippen LogP contribution is 2.48. The molecule has 0 fully saturated rings. The van der Waals surface area contributed by atoms with Gasteiger partial charge in [-0.2, -0.15) is 0 Å².